The third kappa shape index (κ3) is 30.1. The van der Waals surface area contributed by atoms with Crippen molar-refractivity contribution < 1.29 is 25.2 Å². The van der Waals surface area contributed by atoms with Gasteiger partial charge in [0.15, 0.2) is 0 Å². The maximum Gasteiger partial charge on any atom is 0.100 e. The van der Waals surface area contributed by atoms with E-state index in [1.807, 2.05) is 0 Å². The van der Waals surface area contributed by atoms with Gasteiger partial charge in [0.25, 0.3) is 0 Å². The van der Waals surface area contributed by atoms with Crippen LogP contribution in [0.25, 0.3) is 0 Å². The number of aliphatic hydroxyl groups excluding tert-OH is 4. The molecule has 5 nitrogen and oxygen atoms in total. The molecule has 4 N–H and O–H groups in total. The van der Waals surface area contributed by atoms with E-state index < -0.39 is 12.2 Å². The van der Waals surface area contributed by atoms with Crippen molar-refractivity contribution in [2.75, 3.05) is 26.4 Å². The van der Waals surface area contributed by atoms with Crippen molar-refractivity contribution in [3.8, 4) is 0 Å². The van der Waals surface area contributed by atoms with Crippen LogP contribution < -0.4 is 0 Å². The Morgan fingerprint density at radius 3 is 0.931 bits per heavy atom. The molecule has 0 amide bonds. The third-order valence-corrected chi connectivity index (χ3v) is 5.00. The van der Waals surface area contributed by atoms with Crippen LogP contribution in [0.3, 0.4) is 0 Å². The van der Waals surface area contributed by atoms with Gasteiger partial charge in [-0.2, -0.15) is 0 Å². The van der Waals surface area contributed by atoms with Crippen molar-refractivity contribution in [1.29, 1.82) is 0 Å². The zero-order valence-electron chi connectivity index (χ0n) is 19.5. The van der Waals surface area contributed by atoms with E-state index >= 15 is 0 Å². The lowest BCUT2D eigenvalue weighted by atomic mass is 10.0. The zero-order valence-corrected chi connectivity index (χ0v) is 19.5. The Morgan fingerprint density at radius 1 is 0.483 bits per heavy atom. The second-order valence-corrected chi connectivity index (χ2v) is 8.16. The molecule has 0 rings (SSSR count). The molecule has 0 radical (unpaired) electrons. The molecular weight excluding hydrogens is 368 g/mol. The molecule has 0 heterocycles. The molecule has 2 unspecified atom stereocenters. The Balaban J connectivity index is 0. The van der Waals surface area contributed by atoms with Gasteiger partial charge in [-0.05, 0) is 0 Å². The summed E-state index contributed by atoms with van der Waals surface area (Å²) in [5, 5.41) is 34.1. The van der Waals surface area contributed by atoms with Crippen molar-refractivity contribution in [3.63, 3.8) is 0 Å². The largest absolute Gasteiger partial charge is 0.394 e. The van der Waals surface area contributed by atoms with Gasteiger partial charge >= 0.3 is 0 Å². The van der Waals surface area contributed by atoms with Crippen molar-refractivity contribution in [1.82, 2.24) is 0 Å². The van der Waals surface area contributed by atoms with Gasteiger partial charge in [-0.1, -0.05) is 117 Å². The SMILES string of the molecule is CCCCCCCCCCCCCCCCCC.OCC(O)COCC(O)CO. The van der Waals surface area contributed by atoms with Crippen LogP contribution in [0.4, 0.5) is 0 Å². The fourth-order valence-electron chi connectivity index (χ4n) is 3.07. The Hall–Kier alpha value is -0.200. The first kappa shape index (κ1) is 31.0. The summed E-state index contributed by atoms with van der Waals surface area (Å²) in [5.41, 5.74) is 0. The molecule has 0 saturated carbocycles. The van der Waals surface area contributed by atoms with Crippen LogP contribution in [0.1, 0.15) is 117 Å². The summed E-state index contributed by atoms with van der Waals surface area (Å²) < 4.78 is 4.72. The molecule has 5 heteroatoms. The van der Waals surface area contributed by atoms with Gasteiger partial charge in [-0.15, -0.1) is 0 Å². The number of rotatable bonds is 21. The molecule has 0 aliphatic rings. The number of hydrogen-bond acceptors (Lipinski definition) is 5. The third-order valence-electron chi connectivity index (χ3n) is 5.00. The summed E-state index contributed by atoms with van der Waals surface area (Å²) in [6, 6.07) is 0. The van der Waals surface area contributed by atoms with E-state index in [0.29, 0.717) is 0 Å². The predicted molar refractivity (Wildman–Crippen MR) is 122 cm³/mol. The first-order valence-corrected chi connectivity index (χ1v) is 12.3. The van der Waals surface area contributed by atoms with E-state index in [2.05, 4.69) is 13.8 Å². The van der Waals surface area contributed by atoms with Gasteiger partial charge < -0.3 is 25.2 Å². The highest BCUT2D eigenvalue weighted by atomic mass is 16.5. The van der Waals surface area contributed by atoms with Crippen LogP contribution in [0.5, 0.6) is 0 Å². The first-order valence-electron chi connectivity index (χ1n) is 12.3. The number of aliphatic hydroxyl groups is 4. The summed E-state index contributed by atoms with van der Waals surface area (Å²) in [5.74, 6) is 0. The van der Waals surface area contributed by atoms with Gasteiger partial charge in [0.1, 0.15) is 12.2 Å². The van der Waals surface area contributed by atoms with Crippen LogP contribution in [0.2, 0.25) is 0 Å². The van der Waals surface area contributed by atoms with Gasteiger partial charge in [0.05, 0.1) is 26.4 Å². The summed E-state index contributed by atoms with van der Waals surface area (Å²) >= 11 is 0. The minimum atomic E-state index is -0.916. The molecule has 2 atom stereocenters. The summed E-state index contributed by atoms with van der Waals surface area (Å²) in [6.45, 7) is 3.79. The first-order chi connectivity index (χ1) is 14.1. The summed E-state index contributed by atoms with van der Waals surface area (Å²) in [7, 11) is 0. The van der Waals surface area contributed by atoms with Crippen LogP contribution in [-0.2, 0) is 4.74 Å². The minimum absolute atomic E-state index is 0.0342. The molecular formula is C24H52O5. The average molecular weight is 421 g/mol. The maximum atomic E-state index is 8.72. The lowest BCUT2D eigenvalue weighted by Crippen LogP contribution is -2.25. The molecule has 0 aromatic carbocycles. The van der Waals surface area contributed by atoms with E-state index in [9.17, 15) is 0 Å². The second-order valence-electron chi connectivity index (χ2n) is 8.16. The lowest BCUT2D eigenvalue weighted by Gasteiger charge is -2.10. The fourth-order valence-corrected chi connectivity index (χ4v) is 3.07. The van der Waals surface area contributed by atoms with E-state index in [1.54, 1.807) is 0 Å². The minimum Gasteiger partial charge on any atom is -0.394 e. The van der Waals surface area contributed by atoms with Gasteiger partial charge in [0, 0.05) is 0 Å². The van der Waals surface area contributed by atoms with E-state index in [4.69, 9.17) is 25.2 Å². The Morgan fingerprint density at radius 2 is 0.724 bits per heavy atom. The van der Waals surface area contributed by atoms with Crippen LogP contribution in [0.15, 0.2) is 0 Å². The molecule has 0 fully saturated rings. The highest BCUT2D eigenvalue weighted by Crippen LogP contribution is 2.13. The molecule has 0 aromatic heterocycles. The summed E-state index contributed by atoms with van der Waals surface area (Å²) in [6.07, 6.45) is 21.6. The predicted octanol–water partition coefficient (Wildman–Crippen LogP) is 4.98. The smallest absolute Gasteiger partial charge is 0.100 e. The molecule has 29 heavy (non-hydrogen) atoms. The molecule has 0 saturated heterocycles. The van der Waals surface area contributed by atoms with Crippen molar-refractivity contribution in [2.24, 2.45) is 0 Å². The van der Waals surface area contributed by atoms with E-state index in [-0.39, 0.29) is 26.4 Å². The van der Waals surface area contributed by atoms with Crippen LogP contribution in [-0.4, -0.2) is 59.1 Å². The average Bonchev–Trinajstić information content (AvgIpc) is 2.74. The lowest BCUT2D eigenvalue weighted by molar-refractivity contribution is -0.0364. The van der Waals surface area contributed by atoms with Crippen molar-refractivity contribution >= 4 is 0 Å². The molecule has 0 aliphatic heterocycles. The highest BCUT2D eigenvalue weighted by molar-refractivity contribution is 4.53. The van der Waals surface area contributed by atoms with Crippen LogP contribution in [0, 0.1) is 0 Å². The number of unbranched alkanes of at least 4 members (excludes halogenated alkanes) is 15. The molecule has 0 bridgehead atoms. The Kier molecular flexibility index (Phi) is 29.7. The molecule has 0 aliphatic carbocycles. The van der Waals surface area contributed by atoms with Crippen LogP contribution >= 0.6 is 0 Å². The second kappa shape index (κ2) is 27.8. The molecule has 0 aromatic rings. The van der Waals surface area contributed by atoms with E-state index in [1.165, 1.54) is 103 Å². The van der Waals surface area contributed by atoms with Gasteiger partial charge in [-0.3, -0.25) is 0 Å². The van der Waals surface area contributed by atoms with Crippen molar-refractivity contribution in [2.45, 2.75) is 129 Å². The number of ether oxygens (including phenoxy) is 1. The van der Waals surface area contributed by atoms with Crippen molar-refractivity contribution in [3.05, 3.63) is 0 Å². The highest BCUT2D eigenvalue weighted by Gasteiger charge is 2.05. The van der Waals surface area contributed by atoms with Gasteiger partial charge in [-0.25, -0.2) is 0 Å². The van der Waals surface area contributed by atoms with E-state index in [0.717, 1.165) is 0 Å². The topological polar surface area (TPSA) is 90.2 Å². The monoisotopic (exact) mass is 420 g/mol. The van der Waals surface area contributed by atoms with Gasteiger partial charge in [0.2, 0.25) is 0 Å². The Labute approximate surface area is 180 Å². The fraction of sp³-hybridized carbons (Fsp3) is 1.00. The molecule has 0 spiro atoms. The molecule has 178 valence electrons. The maximum absolute atomic E-state index is 8.72. The quantitative estimate of drug-likeness (QED) is 0.197. The summed E-state index contributed by atoms with van der Waals surface area (Å²) in [4.78, 5) is 0. The Bertz CT molecular complexity index is 250. The normalized spacial score (nSPS) is 13.0. The zero-order chi connectivity index (χ0) is 22.0. The standard InChI is InChI=1S/C18H38.C6H14O5/c1-3-5-7-9-11-13-15-17-18-16-14-12-10-8-6-4-2;7-1-5(9)3-11-4-6(10)2-8/h3-18H2,1-2H3;5-10H,1-4H2. The number of hydrogen-bond donors (Lipinski definition) is 4.